The number of nitrogens with one attached hydrogen (secondary N) is 1. The Balaban J connectivity index is 2.08. The molecule has 0 spiro atoms. The normalized spacial score (nSPS) is 19.2. The number of carbonyl (C=O) groups excluding carboxylic acids is 1. The zero-order chi connectivity index (χ0) is 13.0. The molecule has 1 fully saturated rings. The van der Waals surface area contributed by atoms with Crippen molar-refractivity contribution in [2.75, 3.05) is 11.1 Å². The largest absolute Gasteiger partial charge is 0.478 e. The second-order valence-corrected chi connectivity index (χ2v) is 5.38. The number of nitrogens with zero attached hydrogens (tertiary/aromatic N) is 1. The van der Waals surface area contributed by atoms with Crippen LogP contribution in [0.3, 0.4) is 0 Å². The number of anilines is 1. The predicted octanol–water partition coefficient (Wildman–Crippen LogP) is 2.00. The van der Waals surface area contributed by atoms with E-state index in [1.54, 1.807) is 11.8 Å². The molecule has 1 aromatic heterocycles. The van der Waals surface area contributed by atoms with Crippen molar-refractivity contribution in [3.8, 4) is 0 Å². The lowest BCUT2D eigenvalue weighted by Crippen LogP contribution is -2.28. The third-order valence-corrected chi connectivity index (χ3v) is 4.16. The molecule has 0 saturated carbocycles. The summed E-state index contributed by atoms with van der Waals surface area (Å²) in [4.78, 5) is 26.8. The Kier molecular flexibility index (Phi) is 4.19. The van der Waals surface area contributed by atoms with Crippen molar-refractivity contribution in [3.05, 3.63) is 24.0 Å². The summed E-state index contributed by atoms with van der Waals surface area (Å²) in [5.41, 5.74) is 0.334. The fraction of sp³-hybridized carbons (Fsp3) is 0.417. The standard InChI is InChI=1S/C12H14N2O3S/c15-11(10-3-1-2-6-18-10)14-9-7-13-5-4-8(9)12(16)17/h4-5,7,10H,1-3,6H2,(H,14,15)(H,16,17). The Morgan fingerprint density at radius 3 is 2.94 bits per heavy atom. The molecule has 1 atom stereocenters. The average molecular weight is 266 g/mol. The highest BCUT2D eigenvalue weighted by Gasteiger charge is 2.23. The van der Waals surface area contributed by atoms with E-state index in [1.807, 2.05) is 0 Å². The van der Waals surface area contributed by atoms with E-state index in [-0.39, 0.29) is 22.4 Å². The van der Waals surface area contributed by atoms with Gasteiger partial charge in [0, 0.05) is 6.20 Å². The highest BCUT2D eigenvalue weighted by atomic mass is 32.2. The third kappa shape index (κ3) is 3.01. The van der Waals surface area contributed by atoms with E-state index in [2.05, 4.69) is 10.3 Å². The fourth-order valence-corrected chi connectivity index (χ4v) is 3.04. The molecule has 5 nitrogen and oxygen atoms in total. The summed E-state index contributed by atoms with van der Waals surface area (Å²) in [6, 6.07) is 1.38. The predicted molar refractivity (Wildman–Crippen MR) is 69.9 cm³/mol. The molecule has 1 unspecified atom stereocenters. The molecule has 2 N–H and O–H groups in total. The number of carboxylic acids is 1. The van der Waals surface area contributed by atoms with Gasteiger partial charge in [0.2, 0.25) is 5.91 Å². The van der Waals surface area contributed by atoms with Crippen molar-refractivity contribution in [2.24, 2.45) is 0 Å². The number of carboxylic acid groups (broad SMARTS) is 1. The molecule has 1 aliphatic heterocycles. The van der Waals surface area contributed by atoms with Crippen molar-refractivity contribution in [3.63, 3.8) is 0 Å². The van der Waals surface area contributed by atoms with E-state index in [0.29, 0.717) is 0 Å². The Morgan fingerprint density at radius 1 is 1.44 bits per heavy atom. The molecular formula is C12H14N2O3S. The minimum atomic E-state index is -1.07. The molecule has 6 heteroatoms. The third-order valence-electron chi connectivity index (χ3n) is 2.78. The van der Waals surface area contributed by atoms with Gasteiger partial charge >= 0.3 is 5.97 Å². The first-order valence-electron chi connectivity index (χ1n) is 5.78. The summed E-state index contributed by atoms with van der Waals surface area (Å²) in [5, 5.41) is 11.6. The van der Waals surface area contributed by atoms with Crippen LogP contribution in [-0.2, 0) is 4.79 Å². The maximum Gasteiger partial charge on any atom is 0.337 e. The molecule has 1 amide bonds. The van der Waals surface area contributed by atoms with Crippen LogP contribution in [0.2, 0.25) is 0 Å². The Bertz CT molecular complexity index is 458. The van der Waals surface area contributed by atoms with Crippen LogP contribution in [-0.4, -0.2) is 33.0 Å². The molecule has 18 heavy (non-hydrogen) atoms. The quantitative estimate of drug-likeness (QED) is 0.874. The van der Waals surface area contributed by atoms with Crippen molar-refractivity contribution < 1.29 is 14.7 Å². The van der Waals surface area contributed by atoms with Crippen molar-refractivity contribution in [1.82, 2.24) is 4.98 Å². The van der Waals surface area contributed by atoms with E-state index >= 15 is 0 Å². The van der Waals surface area contributed by atoms with E-state index in [1.165, 1.54) is 18.5 Å². The van der Waals surface area contributed by atoms with Crippen LogP contribution >= 0.6 is 11.8 Å². The van der Waals surface area contributed by atoms with Gasteiger partial charge in [-0.15, -0.1) is 11.8 Å². The molecule has 2 rings (SSSR count). The Labute approximate surface area is 109 Å². The summed E-state index contributed by atoms with van der Waals surface area (Å²) in [7, 11) is 0. The second kappa shape index (κ2) is 5.86. The maximum atomic E-state index is 12.0. The van der Waals surface area contributed by atoms with E-state index in [4.69, 9.17) is 5.11 Å². The summed E-state index contributed by atoms with van der Waals surface area (Å²) >= 11 is 1.62. The minimum Gasteiger partial charge on any atom is -0.478 e. The van der Waals surface area contributed by atoms with Gasteiger partial charge in [-0.25, -0.2) is 4.79 Å². The van der Waals surface area contributed by atoms with Gasteiger partial charge in [0.05, 0.1) is 22.7 Å². The topological polar surface area (TPSA) is 79.3 Å². The second-order valence-electron chi connectivity index (χ2n) is 4.07. The van der Waals surface area contributed by atoms with Gasteiger partial charge in [-0.2, -0.15) is 0 Å². The molecule has 0 aliphatic carbocycles. The van der Waals surface area contributed by atoms with Crippen LogP contribution in [0.5, 0.6) is 0 Å². The van der Waals surface area contributed by atoms with Crippen LogP contribution < -0.4 is 5.32 Å². The van der Waals surface area contributed by atoms with E-state index in [0.717, 1.165) is 25.0 Å². The number of hydrogen-bond donors (Lipinski definition) is 2. The molecule has 96 valence electrons. The van der Waals surface area contributed by atoms with Gasteiger partial charge in [0.15, 0.2) is 0 Å². The molecule has 0 radical (unpaired) electrons. The lowest BCUT2D eigenvalue weighted by Gasteiger charge is -2.20. The molecule has 1 aromatic rings. The van der Waals surface area contributed by atoms with Crippen LogP contribution in [0.15, 0.2) is 18.5 Å². The first kappa shape index (κ1) is 12.9. The van der Waals surface area contributed by atoms with E-state index in [9.17, 15) is 9.59 Å². The van der Waals surface area contributed by atoms with Crippen molar-refractivity contribution >= 4 is 29.3 Å². The summed E-state index contributed by atoms with van der Waals surface area (Å²) in [5.74, 6) is -0.212. The molecule has 0 bridgehead atoms. The highest BCUT2D eigenvalue weighted by Crippen LogP contribution is 2.26. The van der Waals surface area contributed by atoms with Crippen LogP contribution in [0.4, 0.5) is 5.69 Å². The van der Waals surface area contributed by atoms with Gasteiger partial charge in [0.25, 0.3) is 0 Å². The number of carbonyl (C=O) groups is 2. The van der Waals surface area contributed by atoms with Crippen LogP contribution in [0.1, 0.15) is 29.6 Å². The van der Waals surface area contributed by atoms with Gasteiger partial charge in [-0.3, -0.25) is 9.78 Å². The SMILES string of the molecule is O=C(O)c1ccncc1NC(=O)C1CCCCS1. The summed E-state index contributed by atoms with van der Waals surface area (Å²) in [6.45, 7) is 0. The highest BCUT2D eigenvalue weighted by molar-refractivity contribution is 8.00. The fourth-order valence-electron chi connectivity index (χ4n) is 1.84. The number of thioether (sulfide) groups is 1. The van der Waals surface area contributed by atoms with Gasteiger partial charge in [-0.1, -0.05) is 6.42 Å². The van der Waals surface area contributed by atoms with Crippen LogP contribution in [0, 0.1) is 0 Å². The van der Waals surface area contributed by atoms with Gasteiger partial charge < -0.3 is 10.4 Å². The monoisotopic (exact) mass is 266 g/mol. The summed E-state index contributed by atoms with van der Waals surface area (Å²) in [6.07, 6.45) is 5.80. The number of pyridine rings is 1. The minimum absolute atomic E-state index is 0.0687. The summed E-state index contributed by atoms with van der Waals surface area (Å²) < 4.78 is 0. The molecule has 1 aliphatic rings. The number of rotatable bonds is 3. The number of aromatic nitrogens is 1. The van der Waals surface area contributed by atoms with E-state index < -0.39 is 5.97 Å². The maximum absolute atomic E-state index is 12.0. The van der Waals surface area contributed by atoms with Crippen molar-refractivity contribution in [1.29, 1.82) is 0 Å². The molecular weight excluding hydrogens is 252 g/mol. The van der Waals surface area contributed by atoms with Crippen molar-refractivity contribution in [2.45, 2.75) is 24.5 Å². The lowest BCUT2D eigenvalue weighted by molar-refractivity contribution is -0.115. The zero-order valence-electron chi connectivity index (χ0n) is 9.76. The molecule has 2 heterocycles. The van der Waals surface area contributed by atoms with Gasteiger partial charge in [-0.05, 0) is 24.7 Å². The molecule has 1 saturated heterocycles. The average Bonchev–Trinajstić information content (AvgIpc) is 2.40. The molecule has 0 aromatic carbocycles. The Morgan fingerprint density at radius 2 is 2.28 bits per heavy atom. The Hall–Kier alpha value is -1.56. The first-order valence-corrected chi connectivity index (χ1v) is 6.83. The lowest BCUT2D eigenvalue weighted by atomic mass is 10.1. The van der Waals surface area contributed by atoms with Gasteiger partial charge in [0.1, 0.15) is 0 Å². The number of hydrogen-bond acceptors (Lipinski definition) is 4. The van der Waals surface area contributed by atoms with Crippen LogP contribution in [0.25, 0.3) is 0 Å². The zero-order valence-corrected chi connectivity index (χ0v) is 10.6. The first-order chi connectivity index (χ1) is 8.68. The number of aromatic carboxylic acids is 1. The number of amides is 1. The smallest absolute Gasteiger partial charge is 0.337 e.